The molecule has 0 radical (unpaired) electrons. The van der Waals surface area contributed by atoms with Crippen LogP contribution >= 0.6 is 27.5 Å². The summed E-state index contributed by atoms with van der Waals surface area (Å²) in [6.07, 6.45) is 0. The molecule has 0 aliphatic heterocycles. The predicted molar refractivity (Wildman–Crippen MR) is 84.9 cm³/mol. The molecule has 0 bridgehead atoms. The fourth-order valence-corrected chi connectivity index (χ4v) is 2.96. The molecule has 1 aliphatic carbocycles. The minimum absolute atomic E-state index is 0.199. The number of rotatable bonds is 1. The first-order chi connectivity index (χ1) is 9.99. The van der Waals surface area contributed by atoms with Crippen molar-refractivity contribution < 1.29 is 9.59 Å². The van der Waals surface area contributed by atoms with Crippen molar-refractivity contribution in [3.05, 3.63) is 68.4 Å². The van der Waals surface area contributed by atoms with Crippen LogP contribution in [-0.4, -0.2) is 16.6 Å². The molecule has 5 heteroatoms. The number of nitrogens with zero attached hydrogens (tertiary/aromatic N) is 1. The summed E-state index contributed by atoms with van der Waals surface area (Å²) in [7, 11) is 0. The van der Waals surface area contributed by atoms with Crippen molar-refractivity contribution in [2.45, 2.75) is 6.92 Å². The van der Waals surface area contributed by atoms with Crippen molar-refractivity contribution in [3.63, 3.8) is 0 Å². The summed E-state index contributed by atoms with van der Waals surface area (Å²) >= 11 is 9.11. The highest BCUT2D eigenvalue weighted by Gasteiger charge is 2.32. The van der Waals surface area contributed by atoms with E-state index in [9.17, 15) is 9.59 Å². The van der Waals surface area contributed by atoms with Crippen LogP contribution in [-0.2, 0) is 0 Å². The van der Waals surface area contributed by atoms with Gasteiger partial charge in [-0.2, -0.15) is 0 Å². The Kier molecular flexibility index (Phi) is 3.51. The van der Waals surface area contributed by atoms with Gasteiger partial charge in [0.1, 0.15) is 5.69 Å². The smallest absolute Gasteiger partial charge is 0.219 e. The highest BCUT2D eigenvalue weighted by atomic mass is 79.9. The Hall–Kier alpha value is -1.78. The Balaban J connectivity index is 2.21. The number of hydrogen-bond acceptors (Lipinski definition) is 3. The molecule has 0 saturated heterocycles. The molecule has 0 fully saturated rings. The van der Waals surface area contributed by atoms with Crippen molar-refractivity contribution in [2.75, 3.05) is 0 Å². The zero-order valence-corrected chi connectivity index (χ0v) is 13.3. The molecule has 3 nitrogen and oxygen atoms in total. The van der Waals surface area contributed by atoms with Crippen LogP contribution in [0.4, 0.5) is 0 Å². The first-order valence-electron chi connectivity index (χ1n) is 6.22. The molecule has 1 heterocycles. The number of hydrogen-bond donors (Lipinski definition) is 0. The van der Waals surface area contributed by atoms with E-state index in [4.69, 9.17) is 11.6 Å². The van der Waals surface area contributed by atoms with E-state index < -0.39 is 0 Å². The lowest BCUT2D eigenvalue weighted by atomic mass is 9.89. The van der Waals surface area contributed by atoms with Crippen LogP contribution in [0.1, 0.15) is 32.1 Å². The van der Waals surface area contributed by atoms with Gasteiger partial charge in [-0.05, 0) is 52.7 Å². The van der Waals surface area contributed by atoms with Crippen LogP contribution in [0.3, 0.4) is 0 Å². The van der Waals surface area contributed by atoms with Gasteiger partial charge in [0.15, 0.2) is 5.78 Å². The minimum Gasteiger partial charge on any atom is -0.288 e. The number of allylic oxidation sites excluding steroid dienone is 2. The summed E-state index contributed by atoms with van der Waals surface area (Å²) < 4.78 is 0.237. The van der Waals surface area contributed by atoms with Gasteiger partial charge in [-0.3, -0.25) is 9.59 Å². The zero-order chi connectivity index (χ0) is 15.1. The van der Waals surface area contributed by atoms with Crippen molar-refractivity contribution in [2.24, 2.45) is 0 Å². The highest BCUT2D eigenvalue weighted by molar-refractivity contribution is 9.12. The summed E-state index contributed by atoms with van der Waals surface area (Å²) in [5.74, 6) is -0.496. The number of ketones is 2. The molecule has 0 N–H and O–H groups in total. The summed E-state index contributed by atoms with van der Waals surface area (Å²) in [5, 5.41) is 0.572. The van der Waals surface area contributed by atoms with Crippen LogP contribution in [0, 0.1) is 6.92 Å². The first kappa shape index (κ1) is 14.2. The molecule has 1 aromatic carbocycles. The first-order valence-corrected chi connectivity index (χ1v) is 7.39. The van der Waals surface area contributed by atoms with E-state index in [1.54, 1.807) is 43.3 Å². The maximum absolute atomic E-state index is 12.7. The largest absolute Gasteiger partial charge is 0.288 e. The topological polar surface area (TPSA) is 47.0 Å². The summed E-state index contributed by atoms with van der Waals surface area (Å²) in [4.78, 5) is 29.3. The molecule has 3 rings (SSSR count). The number of aryl methyl sites for hydroxylation is 1. The predicted octanol–water partition coefficient (Wildman–Crippen LogP) is 4.23. The van der Waals surface area contributed by atoms with E-state index in [1.165, 1.54) is 0 Å². The lowest BCUT2D eigenvalue weighted by Gasteiger charge is -2.17. The summed E-state index contributed by atoms with van der Waals surface area (Å²) in [6.45, 7) is 1.78. The van der Waals surface area contributed by atoms with E-state index >= 15 is 0 Å². The fraction of sp³-hybridized carbons (Fsp3) is 0.0625. The van der Waals surface area contributed by atoms with Crippen LogP contribution < -0.4 is 0 Å². The van der Waals surface area contributed by atoms with Gasteiger partial charge in [-0.15, -0.1) is 0 Å². The van der Waals surface area contributed by atoms with Crippen LogP contribution in [0.15, 0.2) is 40.9 Å². The van der Waals surface area contributed by atoms with Gasteiger partial charge < -0.3 is 0 Å². The van der Waals surface area contributed by atoms with E-state index in [1.807, 2.05) is 0 Å². The zero-order valence-electron chi connectivity index (χ0n) is 11.0. The van der Waals surface area contributed by atoms with Crippen molar-refractivity contribution in [1.29, 1.82) is 0 Å². The third-order valence-electron chi connectivity index (χ3n) is 3.27. The van der Waals surface area contributed by atoms with Gasteiger partial charge in [-0.1, -0.05) is 23.7 Å². The van der Waals surface area contributed by atoms with Gasteiger partial charge in [-0.25, -0.2) is 4.98 Å². The molecule has 0 amide bonds. The van der Waals surface area contributed by atoms with E-state index in [0.29, 0.717) is 27.4 Å². The number of fused-ring (bicyclic) bond motifs is 1. The fourth-order valence-electron chi connectivity index (χ4n) is 2.24. The highest BCUT2D eigenvalue weighted by Crippen LogP contribution is 2.34. The van der Waals surface area contributed by atoms with Crippen molar-refractivity contribution in [1.82, 2.24) is 4.98 Å². The molecule has 1 aromatic heterocycles. The average molecular weight is 363 g/mol. The van der Waals surface area contributed by atoms with E-state index in [2.05, 4.69) is 20.9 Å². The lowest BCUT2D eigenvalue weighted by molar-refractivity contribution is 0.0995. The molecule has 1 aliphatic rings. The molecule has 21 heavy (non-hydrogen) atoms. The Morgan fingerprint density at radius 2 is 1.67 bits per heavy atom. The number of Topliss-reactive ketones (excluding diaryl/α,β-unsaturated/α-hetero) is 2. The molecule has 2 aromatic rings. The van der Waals surface area contributed by atoms with Crippen LogP contribution in [0.25, 0.3) is 5.57 Å². The van der Waals surface area contributed by atoms with Crippen molar-refractivity contribution in [3.8, 4) is 0 Å². The quantitative estimate of drug-likeness (QED) is 0.763. The second kappa shape index (κ2) is 5.20. The number of carbonyl (C=O) groups excluding carboxylic acids is 2. The molecule has 0 unspecified atom stereocenters. The molecule has 0 spiro atoms. The van der Waals surface area contributed by atoms with Gasteiger partial charge >= 0.3 is 0 Å². The average Bonchev–Trinajstić information content (AvgIpc) is 2.47. The third-order valence-corrected chi connectivity index (χ3v) is 4.28. The summed E-state index contributed by atoms with van der Waals surface area (Å²) in [6, 6.07) is 10.2. The van der Waals surface area contributed by atoms with Gasteiger partial charge in [0, 0.05) is 16.3 Å². The minimum atomic E-state index is -0.279. The molecule has 0 saturated carbocycles. The van der Waals surface area contributed by atoms with Crippen LogP contribution in [0.5, 0.6) is 0 Å². The van der Waals surface area contributed by atoms with Gasteiger partial charge in [0.05, 0.1) is 10.0 Å². The maximum atomic E-state index is 12.7. The SMILES string of the molecule is Cc1ccc2c(n1)C(=O)C(Br)=C(c1ccc(Cl)cc1)C2=O. The third kappa shape index (κ3) is 2.34. The van der Waals surface area contributed by atoms with Gasteiger partial charge in [0.25, 0.3) is 0 Å². The number of aromatic nitrogens is 1. The molecule has 104 valence electrons. The molecular formula is C16H9BrClNO2. The Labute approximate surface area is 134 Å². The van der Waals surface area contributed by atoms with Crippen LogP contribution in [0.2, 0.25) is 5.02 Å². The second-order valence-corrected chi connectivity index (χ2v) is 5.93. The number of carbonyl (C=O) groups is 2. The monoisotopic (exact) mass is 361 g/mol. The lowest BCUT2D eigenvalue weighted by Crippen LogP contribution is -2.21. The number of pyridine rings is 1. The molecular weight excluding hydrogens is 354 g/mol. The number of benzene rings is 1. The second-order valence-electron chi connectivity index (χ2n) is 4.70. The normalized spacial score (nSPS) is 14.4. The summed E-state index contributed by atoms with van der Waals surface area (Å²) in [5.41, 5.74) is 2.22. The maximum Gasteiger partial charge on any atom is 0.219 e. The van der Waals surface area contributed by atoms with E-state index in [-0.39, 0.29) is 21.7 Å². The Bertz CT molecular complexity index is 810. The Morgan fingerprint density at radius 3 is 2.33 bits per heavy atom. The molecule has 0 atom stereocenters. The standard InChI is InChI=1S/C16H9BrClNO2/c1-8-2-7-11-14(19-8)16(21)13(17)12(15(11)20)9-3-5-10(18)6-4-9/h2-7H,1H3. The number of halogens is 2. The van der Waals surface area contributed by atoms with Gasteiger partial charge in [0.2, 0.25) is 5.78 Å². The Morgan fingerprint density at radius 1 is 1.00 bits per heavy atom. The van der Waals surface area contributed by atoms with Crippen molar-refractivity contribution >= 4 is 44.7 Å². The van der Waals surface area contributed by atoms with E-state index in [0.717, 1.165) is 0 Å².